The molecule has 1 saturated heterocycles. The number of allylic oxidation sites excluding steroid dienone is 5. The molecule has 3 aliphatic heterocycles. The zero-order valence-corrected chi connectivity index (χ0v) is 33.0. The van der Waals surface area contributed by atoms with Gasteiger partial charge in [-0.1, -0.05) is 41.5 Å². The van der Waals surface area contributed by atoms with Crippen molar-refractivity contribution in [3.05, 3.63) is 69.4 Å². The van der Waals surface area contributed by atoms with Crippen molar-refractivity contribution in [1.29, 1.82) is 0 Å². The van der Waals surface area contributed by atoms with Crippen LogP contribution in [0.5, 0.6) is 11.5 Å². The quantitative estimate of drug-likeness (QED) is 0.0974. The van der Waals surface area contributed by atoms with Crippen LogP contribution in [0.2, 0.25) is 0 Å². The van der Waals surface area contributed by atoms with Crippen molar-refractivity contribution in [3.8, 4) is 11.5 Å². The van der Waals surface area contributed by atoms with Crippen LogP contribution in [-0.4, -0.2) is 69.9 Å². The molecule has 6 unspecified atom stereocenters. The molecule has 6 atom stereocenters. The molecule has 6 aliphatic rings. The Morgan fingerprint density at radius 3 is 2.40 bits per heavy atom. The van der Waals surface area contributed by atoms with E-state index in [1.807, 2.05) is 46.8 Å². The number of Topliss-reactive ketones (excluding diaryl/α,β-unsaturated/α-hetero) is 2. The number of rotatable bonds is 12. The average Bonchev–Trinajstić information content (AvgIpc) is 3.24. The Morgan fingerprint density at radius 1 is 1.06 bits per heavy atom. The van der Waals surface area contributed by atoms with Crippen LogP contribution in [0.3, 0.4) is 0 Å². The van der Waals surface area contributed by atoms with Crippen molar-refractivity contribution >= 4 is 41.3 Å². The lowest BCUT2D eigenvalue weighted by molar-refractivity contribution is -0.171. The van der Waals surface area contributed by atoms with Crippen LogP contribution in [0.1, 0.15) is 103 Å². The number of carboxylic acid groups (broad SMARTS) is 1. The van der Waals surface area contributed by atoms with E-state index in [1.165, 1.54) is 24.4 Å². The molecule has 0 amide bonds. The molecule has 3 N–H and O–H groups in total. The van der Waals surface area contributed by atoms with Crippen molar-refractivity contribution in [2.45, 2.75) is 121 Å². The number of carbonyl (C=O) groups excluding carboxylic acids is 3. The number of ketones is 2. The third-order valence-electron chi connectivity index (χ3n) is 11.4. The zero-order valence-electron chi connectivity index (χ0n) is 32.1. The van der Waals surface area contributed by atoms with E-state index < -0.39 is 46.3 Å². The summed E-state index contributed by atoms with van der Waals surface area (Å²) in [5, 5.41) is 9.71. The minimum absolute atomic E-state index is 0.00581. The maximum Gasteiger partial charge on any atom is 0.333 e. The second-order valence-corrected chi connectivity index (χ2v) is 17.2. The van der Waals surface area contributed by atoms with E-state index in [-0.39, 0.29) is 29.7 Å². The van der Waals surface area contributed by atoms with Gasteiger partial charge in [0.05, 0.1) is 18.3 Å². The van der Waals surface area contributed by atoms with Gasteiger partial charge in [0.1, 0.15) is 23.1 Å². The van der Waals surface area contributed by atoms with Gasteiger partial charge in [-0.25, -0.2) is 4.79 Å². The summed E-state index contributed by atoms with van der Waals surface area (Å²) >= 11 is 1.19. The number of benzene rings is 1. The fourth-order valence-electron chi connectivity index (χ4n) is 8.71. The van der Waals surface area contributed by atoms with Gasteiger partial charge in [-0.15, -0.1) is 11.8 Å². The Bertz CT molecular complexity index is 1940. The zero-order chi connectivity index (χ0) is 38.8. The van der Waals surface area contributed by atoms with E-state index in [1.54, 1.807) is 19.1 Å². The second-order valence-electron chi connectivity index (χ2n) is 16.2. The summed E-state index contributed by atoms with van der Waals surface area (Å²) in [4.78, 5) is 54.9. The SMILES string of the molecule is COC(=O)C(C)=CCC12OC(C)(C)C3CC(C=C4C(=O)c5c(c(CC=C(C)C)c6c(c5SCC(N)C(=O)O)C=CC(C)(CCC=C(C)C)O6)OC431)C2=O. The van der Waals surface area contributed by atoms with Crippen molar-refractivity contribution < 1.29 is 43.2 Å². The van der Waals surface area contributed by atoms with Gasteiger partial charge in [0.2, 0.25) is 0 Å². The second kappa shape index (κ2) is 13.7. The first-order valence-electron chi connectivity index (χ1n) is 18.3. The van der Waals surface area contributed by atoms with Gasteiger partial charge in [0.25, 0.3) is 0 Å². The molecule has 3 aliphatic carbocycles. The van der Waals surface area contributed by atoms with Gasteiger partial charge in [0, 0.05) is 51.2 Å². The summed E-state index contributed by atoms with van der Waals surface area (Å²) in [6, 6.07) is -1.19. The van der Waals surface area contributed by atoms with Gasteiger partial charge < -0.3 is 29.8 Å². The van der Waals surface area contributed by atoms with E-state index in [4.69, 9.17) is 24.7 Å². The van der Waals surface area contributed by atoms with Crippen molar-refractivity contribution in [2.24, 2.45) is 17.6 Å². The lowest BCUT2D eigenvalue weighted by atomic mass is 9.51. The molecule has 10 nitrogen and oxygen atoms in total. The van der Waals surface area contributed by atoms with Crippen LogP contribution in [0.15, 0.2) is 57.6 Å². The number of thioether (sulfide) groups is 1. The Kier molecular flexibility index (Phi) is 10.0. The summed E-state index contributed by atoms with van der Waals surface area (Å²) in [7, 11) is 1.30. The molecule has 1 aromatic carbocycles. The first kappa shape index (κ1) is 38.8. The summed E-state index contributed by atoms with van der Waals surface area (Å²) in [5.74, 6) is -2.32. The Hall–Kier alpha value is -3.93. The van der Waals surface area contributed by atoms with Crippen LogP contribution < -0.4 is 15.2 Å². The van der Waals surface area contributed by atoms with Crippen molar-refractivity contribution in [1.82, 2.24) is 0 Å². The van der Waals surface area contributed by atoms with Crippen molar-refractivity contribution in [2.75, 3.05) is 12.9 Å². The maximum absolute atomic E-state index is 15.4. The summed E-state index contributed by atoms with van der Waals surface area (Å²) in [6.45, 7) is 15.6. The molecule has 53 heavy (non-hydrogen) atoms. The third-order valence-corrected chi connectivity index (χ3v) is 12.6. The van der Waals surface area contributed by atoms with E-state index in [2.05, 4.69) is 26.0 Å². The average molecular weight is 746 g/mol. The van der Waals surface area contributed by atoms with Gasteiger partial charge in [0.15, 0.2) is 22.8 Å². The molecular formula is C42H51NO9S. The molecule has 1 saturated carbocycles. The number of methoxy groups -OCH3 is 1. The largest absolute Gasteiger partial charge is 0.482 e. The van der Waals surface area contributed by atoms with E-state index in [0.717, 1.165) is 12.0 Å². The van der Waals surface area contributed by atoms with Gasteiger partial charge in [-0.3, -0.25) is 14.4 Å². The minimum Gasteiger partial charge on any atom is -0.482 e. The standard InChI is InChI=1S/C42H51NO9S/c1-22(2)11-10-16-40(8)17-15-27-33(50-40)26(13-12-23(3)4)34-31(35(27)53-21-29(43)37(46)47)32(44)28-19-25-20-30-39(6,7)52-41(36(25)45,42(28,30)51-34)18-14-24(5)38(48)49-9/h11-12,14-15,17,19,25,29-30H,10,13,16,18,20-21,43H2,1-9H3,(H,46,47). The minimum atomic E-state index is -1.61. The van der Waals surface area contributed by atoms with Crippen LogP contribution in [0.4, 0.5) is 0 Å². The highest BCUT2D eigenvalue weighted by Crippen LogP contribution is 2.68. The molecule has 1 aromatic rings. The molecule has 1 spiro atoms. The van der Waals surface area contributed by atoms with Crippen LogP contribution >= 0.6 is 11.8 Å². The highest BCUT2D eigenvalue weighted by Gasteiger charge is 2.81. The Balaban J connectivity index is 1.63. The van der Waals surface area contributed by atoms with E-state index in [9.17, 15) is 19.5 Å². The molecule has 0 aromatic heterocycles. The molecule has 4 bridgehead atoms. The number of carboxylic acids is 1. The van der Waals surface area contributed by atoms with Gasteiger partial charge in [-0.05, 0) is 87.1 Å². The smallest absolute Gasteiger partial charge is 0.333 e. The molecule has 3 heterocycles. The van der Waals surface area contributed by atoms with E-state index >= 15 is 4.79 Å². The number of fused-ring (bicyclic) bond motifs is 2. The van der Waals surface area contributed by atoms with Crippen LogP contribution in [0.25, 0.3) is 6.08 Å². The van der Waals surface area contributed by atoms with Crippen LogP contribution in [0, 0.1) is 11.8 Å². The number of esters is 1. The molecule has 0 radical (unpaired) electrons. The summed E-state index contributed by atoms with van der Waals surface area (Å²) in [6.07, 6.45) is 13.9. The number of aliphatic carboxylic acids is 1. The first-order chi connectivity index (χ1) is 24.8. The topological polar surface area (TPSA) is 151 Å². The molecule has 11 heteroatoms. The first-order valence-corrected chi connectivity index (χ1v) is 19.3. The number of carbonyl (C=O) groups is 4. The Morgan fingerprint density at radius 2 is 1.75 bits per heavy atom. The lowest BCUT2D eigenvalue weighted by Crippen LogP contribution is -2.72. The highest BCUT2D eigenvalue weighted by molar-refractivity contribution is 7.99. The predicted molar refractivity (Wildman–Crippen MR) is 203 cm³/mol. The number of hydrogen-bond donors (Lipinski definition) is 2. The number of nitrogens with two attached hydrogens (primary N) is 1. The lowest BCUT2D eigenvalue weighted by Gasteiger charge is -2.56. The molecule has 2 fully saturated rings. The molecule has 284 valence electrons. The third kappa shape index (κ3) is 6.22. The predicted octanol–water partition coefficient (Wildman–Crippen LogP) is 7.13. The fourth-order valence-corrected chi connectivity index (χ4v) is 9.84. The summed E-state index contributed by atoms with van der Waals surface area (Å²) < 4.78 is 26.2. The number of ether oxygens (including phenoxy) is 4. The Labute approximate surface area is 315 Å². The van der Waals surface area contributed by atoms with Gasteiger partial charge in [-0.2, -0.15) is 0 Å². The van der Waals surface area contributed by atoms with Crippen LogP contribution in [-0.2, 0) is 30.3 Å². The maximum atomic E-state index is 15.4. The van der Waals surface area contributed by atoms with E-state index in [0.29, 0.717) is 63.5 Å². The summed E-state index contributed by atoms with van der Waals surface area (Å²) in [5.41, 5.74) is 5.88. The molecular weight excluding hydrogens is 695 g/mol. The normalized spacial score (nSPS) is 29.2. The fraction of sp³-hybridized carbons (Fsp3) is 0.524. The van der Waals surface area contributed by atoms with Crippen molar-refractivity contribution in [3.63, 3.8) is 0 Å². The van der Waals surface area contributed by atoms with Gasteiger partial charge >= 0.3 is 11.9 Å². The highest BCUT2D eigenvalue weighted by atomic mass is 32.2. The molecule has 7 rings (SSSR count). The number of hydrogen-bond acceptors (Lipinski definition) is 10. The monoisotopic (exact) mass is 745 g/mol.